The van der Waals surface area contributed by atoms with Crippen LogP contribution in [0.25, 0.3) is 0 Å². The number of aryl methyl sites for hydroxylation is 1. The molecule has 0 saturated heterocycles. The first kappa shape index (κ1) is 15.2. The van der Waals surface area contributed by atoms with Crippen LogP contribution in [-0.2, 0) is 19.6 Å². The van der Waals surface area contributed by atoms with Crippen LogP contribution in [-0.4, -0.2) is 33.3 Å². The molecule has 5 heteroatoms. The van der Waals surface area contributed by atoms with Crippen molar-refractivity contribution in [3.05, 3.63) is 47.0 Å². The van der Waals surface area contributed by atoms with E-state index >= 15 is 0 Å². The molecule has 0 saturated carbocycles. The molecule has 3 heterocycles. The average Bonchev–Trinajstić information content (AvgIpc) is 2.92. The largest absolute Gasteiger partial charge is 0.304 e. The predicted molar refractivity (Wildman–Crippen MR) is 87.4 cm³/mol. The first-order valence-corrected chi connectivity index (χ1v) is 8.06. The van der Waals surface area contributed by atoms with Gasteiger partial charge in [0.05, 0.1) is 24.1 Å². The van der Waals surface area contributed by atoms with Crippen LogP contribution in [0.4, 0.5) is 0 Å². The van der Waals surface area contributed by atoms with E-state index in [0.717, 1.165) is 38.3 Å². The molecule has 0 aliphatic carbocycles. The summed E-state index contributed by atoms with van der Waals surface area (Å²) >= 11 is 0. The molecule has 22 heavy (non-hydrogen) atoms. The van der Waals surface area contributed by atoms with E-state index < -0.39 is 0 Å². The maximum Gasteiger partial charge on any atom is 0.0602 e. The molecule has 0 radical (unpaired) electrons. The lowest BCUT2D eigenvalue weighted by atomic mass is 10.1. The molecule has 1 aliphatic heterocycles. The smallest absolute Gasteiger partial charge is 0.0602 e. The highest BCUT2D eigenvalue weighted by Gasteiger charge is 2.19. The third-order valence-electron chi connectivity index (χ3n) is 4.48. The average molecular weight is 299 g/mol. The minimum absolute atomic E-state index is 0.290. The van der Waals surface area contributed by atoms with Crippen LogP contribution in [0.1, 0.15) is 41.9 Å². The molecule has 3 rings (SSSR count). The van der Waals surface area contributed by atoms with Crippen molar-refractivity contribution in [2.24, 2.45) is 0 Å². The van der Waals surface area contributed by atoms with Crippen LogP contribution in [0.2, 0.25) is 0 Å². The summed E-state index contributed by atoms with van der Waals surface area (Å²) in [6.45, 7) is 8.22. The van der Waals surface area contributed by atoms with Crippen molar-refractivity contribution in [2.45, 2.75) is 45.9 Å². The van der Waals surface area contributed by atoms with Crippen molar-refractivity contribution in [1.82, 2.24) is 25.0 Å². The second-order valence-electron chi connectivity index (χ2n) is 6.12. The number of fused-ring (bicyclic) bond motifs is 1. The summed E-state index contributed by atoms with van der Waals surface area (Å²) < 4.78 is 2.14. The fourth-order valence-corrected chi connectivity index (χ4v) is 3.10. The van der Waals surface area contributed by atoms with Gasteiger partial charge in [-0.05, 0) is 32.0 Å². The molecule has 0 amide bonds. The number of pyridine rings is 1. The van der Waals surface area contributed by atoms with E-state index in [4.69, 9.17) is 0 Å². The van der Waals surface area contributed by atoms with E-state index in [1.165, 1.54) is 16.8 Å². The second kappa shape index (κ2) is 6.58. The Bertz CT molecular complexity index is 634. The monoisotopic (exact) mass is 299 g/mol. The second-order valence-corrected chi connectivity index (χ2v) is 6.12. The Labute approximate surface area is 132 Å². The minimum atomic E-state index is 0.290. The zero-order valence-corrected chi connectivity index (χ0v) is 13.7. The van der Waals surface area contributed by atoms with Gasteiger partial charge in [0, 0.05) is 37.4 Å². The zero-order valence-electron chi connectivity index (χ0n) is 13.7. The SMILES string of the molecule is CCC(NCc1cnn2c1CN(C)CC2)c1ncccc1C. The van der Waals surface area contributed by atoms with Crippen molar-refractivity contribution in [2.75, 3.05) is 13.6 Å². The fraction of sp³-hybridized carbons (Fsp3) is 0.529. The first-order valence-electron chi connectivity index (χ1n) is 8.06. The molecule has 118 valence electrons. The molecule has 0 aromatic carbocycles. The van der Waals surface area contributed by atoms with Gasteiger partial charge in [-0.2, -0.15) is 5.10 Å². The van der Waals surface area contributed by atoms with Crippen LogP contribution < -0.4 is 5.32 Å². The van der Waals surface area contributed by atoms with Crippen molar-refractivity contribution < 1.29 is 0 Å². The highest BCUT2D eigenvalue weighted by atomic mass is 15.3. The van der Waals surface area contributed by atoms with Crippen molar-refractivity contribution in [3.63, 3.8) is 0 Å². The van der Waals surface area contributed by atoms with Gasteiger partial charge in [0.2, 0.25) is 0 Å². The van der Waals surface area contributed by atoms with E-state index in [-0.39, 0.29) is 6.04 Å². The number of rotatable bonds is 5. The third kappa shape index (κ3) is 3.05. The van der Waals surface area contributed by atoms with Crippen molar-refractivity contribution in [1.29, 1.82) is 0 Å². The lowest BCUT2D eigenvalue weighted by molar-refractivity contribution is 0.257. The van der Waals surface area contributed by atoms with E-state index in [1.807, 2.05) is 18.5 Å². The van der Waals surface area contributed by atoms with Gasteiger partial charge in [0.15, 0.2) is 0 Å². The molecule has 2 aromatic heterocycles. The summed E-state index contributed by atoms with van der Waals surface area (Å²) in [5.41, 5.74) is 5.05. The molecule has 2 aromatic rings. The summed E-state index contributed by atoms with van der Waals surface area (Å²) in [6, 6.07) is 4.41. The standard InChI is InChI=1S/C17H25N5/c1-4-15(17-13(2)6-5-7-18-17)19-10-14-11-20-22-9-8-21(3)12-16(14)22/h5-7,11,15,19H,4,8-10,12H2,1-3H3. The Hall–Kier alpha value is -1.72. The van der Waals surface area contributed by atoms with Gasteiger partial charge in [-0.25, -0.2) is 0 Å². The minimum Gasteiger partial charge on any atom is -0.304 e. The Morgan fingerprint density at radius 2 is 2.23 bits per heavy atom. The summed E-state index contributed by atoms with van der Waals surface area (Å²) in [4.78, 5) is 6.91. The first-order chi connectivity index (χ1) is 10.7. The van der Waals surface area contributed by atoms with E-state index in [0.29, 0.717) is 0 Å². The van der Waals surface area contributed by atoms with E-state index in [1.54, 1.807) is 0 Å². The van der Waals surface area contributed by atoms with Crippen LogP contribution in [0.5, 0.6) is 0 Å². The lowest BCUT2D eigenvalue weighted by Gasteiger charge is -2.25. The molecular formula is C17H25N5. The number of hydrogen-bond acceptors (Lipinski definition) is 4. The van der Waals surface area contributed by atoms with Gasteiger partial charge in [-0.1, -0.05) is 13.0 Å². The molecule has 5 nitrogen and oxygen atoms in total. The van der Waals surface area contributed by atoms with Gasteiger partial charge in [0.1, 0.15) is 0 Å². The Morgan fingerprint density at radius 3 is 3.00 bits per heavy atom. The fourth-order valence-electron chi connectivity index (χ4n) is 3.10. The maximum absolute atomic E-state index is 4.56. The van der Waals surface area contributed by atoms with Crippen LogP contribution in [0, 0.1) is 6.92 Å². The van der Waals surface area contributed by atoms with Crippen LogP contribution in [0.15, 0.2) is 24.5 Å². The summed E-state index contributed by atoms with van der Waals surface area (Å²) in [5.74, 6) is 0. The third-order valence-corrected chi connectivity index (χ3v) is 4.48. The van der Waals surface area contributed by atoms with Crippen LogP contribution >= 0.6 is 0 Å². The van der Waals surface area contributed by atoms with Crippen molar-refractivity contribution >= 4 is 0 Å². The van der Waals surface area contributed by atoms with Gasteiger partial charge in [-0.15, -0.1) is 0 Å². The molecule has 0 bridgehead atoms. The maximum atomic E-state index is 4.56. The van der Waals surface area contributed by atoms with Gasteiger partial charge >= 0.3 is 0 Å². The molecule has 1 aliphatic rings. The quantitative estimate of drug-likeness (QED) is 0.920. The molecule has 0 spiro atoms. The topological polar surface area (TPSA) is 46.0 Å². The highest BCUT2D eigenvalue weighted by Crippen LogP contribution is 2.20. The van der Waals surface area contributed by atoms with Gasteiger partial charge in [0.25, 0.3) is 0 Å². The summed E-state index contributed by atoms with van der Waals surface area (Å²) in [6.07, 6.45) is 4.92. The molecule has 1 atom stereocenters. The predicted octanol–water partition coefficient (Wildman–Crippen LogP) is 2.27. The Kier molecular flexibility index (Phi) is 4.55. The number of nitrogens with one attached hydrogen (secondary N) is 1. The van der Waals surface area contributed by atoms with Gasteiger partial charge in [-0.3, -0.25) is 14.6 Å². The molecule has 1 unspecified atom stereocenters. The van der Waals surface area contributed by atoms with E-state index in [2.05, 4.69) is 51.9 Å². The van der Waals surface area contributed by atoms with E-state index in [9.17, 15) is 0 Å². The van der Waals surface area contributed by atoms with Crippen LogP contribution in [0.3, 0.4) is 0 Å². The van der Waals surface area contributed by atoms with Gasteiger partial charge < -0.3 is 5.32 Å². The zero-order chi connectivity index (χ0) is 15.5. The number of likely N-dealkylation sites (N-methyl/N-ethyl adjacent to an activating group) is 1. The summed E-state index contributed by atoms with van der Waals surface area (Å²) in [7, 11) is 2.17. The molecule has 0 fully saturated rings. The summed E-state index contributed by atoms with van der Waals surface area (Å²) in [5, 5.41) is 8.18. The number of nitrogens with zero attached hydrogens (tertiary/aromatic N) is 4. The Balaban J connectivity index is 1.72. The normalized spacial score (nSPS) is 16.5. The Morgan fingerprint density at radius 1 is 1.36 bits per heavy atom. The highest BCUT2D eigenvalue weighted by molar-refractivity contribution is 5.22. The lowest BCUT2D eigenvalue weighted by Crippen LogP contribution is -2.31. The molecule has 1 N–H and O–H groups in total. The number of hydrogen-bond donors (Lipinski definition) is 1. The number of aromatic nitrogens is 3. The van der Waals surface area contributed by atoms with Crippen molar-refractivity contribution in [3.8, 4) is 0 Å². The molecular weight excluding hydrogens is 274 g/mol.